The number of ether oxygens (including phenoxy) is 1. The van der Waals surface area contributed by atoms with Gasteiger partial charge in [-0.25, -0.2) is 4.39 Å². The Morgan fingerprint density at radius 2 is 1.71 bits per heavy atom. The monoisotopic (exact) mass is 577 g/mol. The smallest absolute Gasteiger partial charge is 0.405 e. The van der Waals surface area contributed by atoms with E-state index < -0.39 is 30.0 Å². The Morgan fingerprint density at radius 1 is 1.03 bits per heavy atom. The first-order chi connectivity index (χ1) is 17.7. The summed E-state index contributed by atoms with van der Waals surface area (Å²) in [4.78, 5) is 25.0. The maximum Gasteiger partial charge on any atom is 0.405 e. The van der Waals surface area contributed by atoms with Crippen LogP contribution in [0.3, 0.4) is 0 Å². The first-order valence-corrected chi connectivity index (χ1v) is 12.8. The molecular weight excluding hydrogens is 549 g/mol. The van der Waals surface area contributed by atoms with Crippen LogP contribution in [0.5, 0.6) is 5.75 Å². The third-order valence-corrected chi connectivity index (χ3v) is 6.64. The number of hydrogen-bond acceptors (Lipinski definition) is 4. The van der Waals surface area contributed by atoms with Gasteiger partial charge in [0.2, 0.25) is 0 Å². The molecular formula is C26H29Cl2F4N3O3. The largest absolute Gasteiger partial charge is 0.476 e. The van der Waals surface area contributed by atoms with Crippen LogP contribution in [0.2, 0.25) is 10.0 Å². The van der Waals surface area contributed by atoms with Crippen molar-refractivity contribution in [2.75, 3.05) is 11.9 Å². The lowest BCUT2D eigenvalue weighted by atomic mass is 10.0. The zero-order valence-corrected chi connectivity index (χ0v) is 22.4. The number of carbonyl (C=O) groups is 2. The summed E-state index contributed by atoms with van der Waals surface area (Å²) in [6, 6.07) is 7.81. The van der Waals surface area contributed by atoms with Crippen molar-refractivity contribution in [3.63, 3.8) is 0 Å². The van der Waals surface area contributed by atoms with E-state index >= 15 is 0 Å². The summed E-state index contributed by atoms with van der Waals surface area (Å²) < 4.78 is 57.6. The summed E-state index contributed by atoms with van der Waals surface area (Å²) in [5.41, 5.74) is -1.33. The van der Waals surface area contributed by atoms with Gasteiger partial charge in [0, 0.05) is 22.7 Å². The second kappa shape index (κ2) is 12.4. The molecule has 3 N–H and O–H groups in total. The molecule has 3 rings (SSSR count). The number of anilines is 1. The Kier molecular flexibility index (Phi) is 9.75. The van der Waals surface area contributed by atoms with Crippen LogP contribution in [0.25, 0.3) is 0 Å². The van der Waals surface area contributed by atoms with Gasteiger partial charge in [0.1, 0.15) is 18.1 Å². The minimum atomic E-state index is -4.56. The van der Waals surface area contributed by atoms with E-state index in [1.165, 1.54) is 18.2 Å². The zero-order chi connectivity index (χ0) is 28.1. The van der Waals surface area contributed by atoms with E-state index in [4.69, 9.17) is 27.9 Å². The van der Waals surface area contributed by atoms with E-state index in [-0.39, 0.29) is 34.3 Å². The van der Waals surface area contributed by atoms with Gasteiger partial charge >= 0.3 is 6.18 Å². The summed E-state index contributed by atoms with van der Waals surface area (Å²) in [6.45, 7) is 1.75. The van der Waals surface area contributed by atoms with E-state index in [0.29, 0.717) is 17.2 Å². The van der Waals surface area contributed by atoms with Gasteiger partial charge < -0.3 is 20.7 Å². The number of rotatable bonds is 8. The topological polar surface area (TPSA) is 79.5 Å². The third-order valence-electron chi connectivity index (χ3n) is 6.11. The molecule has 0 spiro atoms. The third kappa shape index (κ3) is 8.66. The van der Waals surface area contributed by atoms with Crippen LogP contribution in [0.1, 0.15) is 56.3 Å². The summed E-state index contributed by atoms with van der Waals surface area (Å²) in [7, 11) is 0. The van der Waals surface area contributed by atoms with E-state index in [1.807, 2.05) is 0 Å². The Morgan fingerprint density at radius 3 is 2.34 bits per heavy atom. The molecule has 208 valence electrons. The SMILES string of the molecule is CC(C)(Oc1ccc(Cl)cc1Cl)C(=O)NC1CCCCC(Nc2ccc(C(=O)NCC(F)(F)F)cc2F)C1. The fourth-order valence-corrected chi connectivity index (χ4v) is 4.58. The predicted molar refractivity (Wildman–Crippen MR) is 138 cm³/mol. The molecule has 1 aliphatic rings. The number of amides is 2. The van der Waals surface area contributed by atoms with Gasteiger partial charge in [-0.1, -0.05) is 36.0 Å². The van der Waals surface area contributed by atoms with E-state index in [9.17, 15) is 27.2 Å². The molecule has 0 heterocycles. The quantitative estimate of drug-likeness (QED) is 0.247. The highest BCUT2D eigenvalue weighted by Gasteiger charge is 2.33. The van der Waals surface area contributed by atoms with Crippen LogP contribution < -0.4 is 20.7 Å². The lowest BCUT2D eigenvalue weighted by Crippen LogP contribution is -2.50. The molecule has 6 nitrogen and oxygen atoms in total. The molecule has 0 radical (unpaired) electrons. The van der Waals surface area contributed by atoms with Crippen LogP contribution in [0, 0.1) is 5.82 Å². The molecule has 12 heteroatoms. The molecule has 1 saturated carbocycles. The molecule has 2 atom stereocenters. The average Bonchev–Trinajstić information content (AvgIpc) is 3.04. The highest BCUT2D eigenvalue weighted by atomic mass is 35.5. The maximum atomic E-state index is 14.7. The second-order valence-corrected chi connectivity index (χ2v) is 10.6. The number of nitrogens with one attached hydrogen (secondary N) is 3. The lowest BCUT2D eigenvalue weighted by molar-refractivity contribution is -0.135. The van der Waals surface area contributed by atoms with Crippen LogP contribution in [-0.4, -0.2) is 42.2 Å². The Hall–Kier alpha value is -2.72. The zero-order valence-electron chi connectivity index (χ0n) is 20.9. The first-order valence-electron chi connectivity index (χ1n) is 12.1. The highest BCUT2D eigenvalue weighted by molar-refractivity contribution is 6.35. The van der Waals surface area contributed by atoms with Crippen molar-refractivity contribution in [3.8, 4) is 5.75 Å². The van der Waals surface area contributed by atoms with Gasteiger partial charge in [0.15, 0.2) is 5.60 Å². The van der Waals surface area contributed by atoms with E-state index in [2.05, 4.69) is 10.6 Å². The molecule has 0 aliphatic heterocycles. The summed E-state index contributed by atoms with van der Waals surface area (Å²) in [5, 5.41) is 8.57. The molecule has 0 bridgehead atoms. The standard InChI is InChI=1S/C26H29Cl2F4N3O3/c1-25(2,38-22-10-8-16(27)12-19(22)28)24(37)35-18-6-4-3-5-17(13-18)34-21-9-7-15(11-20(21)29)23(36)33-14-26(30,31)32/h7-12,17-18,34H,3-6,13-14H2,1-2H3,(H,33,36)(H,35,37). The fraction of sp³-hybridized carbons (Fsp3) is 0.462. The number of benzene rings is 2. The molecule has 2 amide bonds. The number of hydrogen-bond donors (Lipinski definition) is 3. The van der Waals surface area contributed by atoms with Crippen molar-refractivity contribution in [1.82, 2.24) is 10.6 Å². The molecule has 1 fully saturated rings. The van der Waals surface area contributed by atoms with Crippen LogP contribution in [0.4, 0.5) is 23.2 Å². The minimum absolute atomic E-state index is 0.121. The molecule has 0 saturated heterocycles. The van der Waals surface area contributed by atoms with Crippen molar-refractivity contribution in [2.24, 2.45) is 0 Å². The second-order valence-electron chi connectivity index (χ2n) is 9.71. The average molecular weight is 578 g/mol. The summed E-state index contributed by atoms with van der Waals surface area (Å²) in [5.74, 6) is -1.80. The minimum Gasteiger partial charge on any atom is -0.476 e. The van der Waals surface area contributed by atoms with Crippen molar-refractivity contribution < 1.29 is 31.9 Å². The Bertz CT molecular complexity index is 1160. The summed E-state index contributed by atoms with van der Waals surface area (Å²) >= 11 is 12.1. The molecule has 0 aromatic heterocycles. The lowest BCUT2D eigenvalue weighted by Gasteiger charge is -2.29. The van der Waals surface area contributed by atoms with Crippen molar-refractivity contribution in [2.45, 2.75) is 69.8 Å². The van der Waals surface area contributed by atoms with Crippen molar-refractivity contribution >= 4 is 40.7 Å². The first kappa shape index (κ1) is 29.8. The fourth-order valence-electron chi connectivity index (χ4n) is 4.14. The van der Waals surface area contributed by atoms with Crippen LogP contribution in [-0.2, 0) is 4.79 Å². The van der Waals surface area contributed by atoms with E-state index in [0.717, 1.165) is 31.7 Å². The molecule has 38 heavy (non-hydrogen) atoms. The van der Waals surface area contributed by atoms with Gasteiger partial charge in [-0.2, -0.15) is 13.2 Å². The van der Waals surface area contributed by atoms with Gasteiger partial charge in [0.05, 0.1) is 10.7 Å². The molecule has 2 unspecified atom stereocenters. The van der Waals surface area contributed by atoms with Gasteiger partial charge in [0.25, 0.3) is 11.8 Å². The normalized spacial score (nSPS) is 18.3. The van der Waals surface area contributed by atoms with Gasteiger partial charge in [-0.15, -0.1) is 0 Å². The molecule has 1 aliphatic carbocycles. The van der Waals surface area contributed by atoms with Crippen molar-refractivity contribution in [3.05, 3.63) is 57.8 Å². The van der Waals surface area contributed by atoms with Gasteiger partial charge in [-0.3, -0.25) is 9.59 Å². The maximum absolute atomic E-state index is 14.7. The number of halogens is 6. The van der Waals surface area contributed by atoms with Crippen molar-refractivity contribution in [1.29, 1.82) is 0 Å². The molecule has 2 aromatic carbocycles. The van der Waals surface area contributed by atoms with Crippen LogP contribution in [0.15, 0.2) is 36.4 Å². The predicted octanol–water partition coefficient (Wildman–Crippen LogP) is 6.51. The van der Waals surface area contributed by atoms with Crippen LogP contribution >= 0.6 is 23.2 Å². The summed E-state index contributed by atoms with van der Waals surface area (Å²) in [6.07, 6.45) is -0.900. The van der Waals surface area contributed by atoms with Gasteiger partial charge in [-0.05, 0) is 69.5 Å². The number of alkyl halides is 3. The Balaban J connectivity index is 1.61. The highest BCUT2D eigenvalue weighted by Crippen LogP contribution is 2.31. The Labute approximate surface area is 228 Å². The molecule has 2 aromatic rings. The van der Waals surface area contributed by atoms with E-state index in [1.54, 1.807) is 31.3 Å². The number of carbonyl (C=O) groups excluding carboxylic acids is 2.